The summed E-state index contributed by atoms with van der Waals surface area (Å²) in [5.41, 5.74) is -0.402. The summed E-state index contributed by atoms with van der Waals surface area (Å²) in [6.45, 7) is 8.68. The Kier molecular flexibility index (Phi) is 5.74. The maximum atomic E-state index is 12.5. The Morgan fingerprint density at radius 1 is 1.04 bits per heavy atom. The molecule has 24 heavy (non-hydrogen) atoms. The van der Waals surface area contributed by atoms with Crippen LogP contribution in [0.25, 0.3) is 0 Å². The first-order valence-electron chi connectivity index (χ1n) is 10.1. The average molecular weight is 337 g/mol. The molecule has 4 nitrogen and oxygen atoms in total. The summed E-state index contributed by atoms with van der Waals surface area (Å²) in [4.78, 5) is 14.4. The zero-order valence-electron chi connectivity index (χ0n) is 15.9. The molecule has 138 valence electrons. The summed E-state index contributed by atoms with van der Waals surface area (Å²) in [6.07, 6.45) is 10.8. The number of likely N-dealkylation sites (tertiary alicyclic amines) is 1. The van der Waals surface area contributed by atoms with Gasteiger partial charge < -0.3 is 15.0 Å². The molecule has 2 atom stereocenters. The van der Waals surface area contributed by atoms with Gasteiger partial charge in [-0.2, -0.15) is 0 Å². The molecule has 0 radical (unpaired) electrons. The van der Waals surface area contributed by atoms with E-state index in [0.717, 1.165) is 31.6 Å². The van der Waals surface area contributed by atoms with Crippen LogP contribution in [-0.2, 0) is 4.74 Å². The highest BCUT2D eigenvalue weighted by atomic mass is 16.6. The normalized spacial score (nSPS) is 29.0. The van der Waals surface area contributed by atoms with Crippen molar-refractivity contribution in [3.8, 4) is 0 Å². The summed E-state index contributed by atoms with van der Waals surface area (Å²) in [7, 11) is 0. The lowest BCUT2D eigenvalue weighted by molar-refractivity contribution is 0.0282. The highest BCUT2D eigenvalue weighted by Crippen LogP contribution is 2.36. The summed E-state index contributed by atoms with van der Waals surface area (Å²) in [6, 6.07) is 0.746. The third kappa shape index (κ3) is 5.37. The van der Waals surface area contributed by atoms with Crippen molar-refractivity contribution < 1.29 is 9.53 Å². The number of ether oxygens (including phenoxy) is 1. The number of carbonyl (C=O) groups excluding carboxylic acids is 1. The van der Waals surface area contributed by atoms with E-state index in [0.29, 0.717) is 11.8 Å². The number of nitrogens with one attached hydrogen (secondary N) is 1. The van der Waals surface area contributed by atoms with E-state index in [2.05, 4.69) is 5.32 Å². The van der Waals surface area contributed by atoms with Gasteiger partial charge in [0.15, 0.2) is 0 Å². The van der Waals surface area contributed by atoms with Crippen molar-refractivity contribution in [2.75, 3.05) is 19.6 Å². The van der Waals surface area contributed by atoms with Gasteiger partial charge >= 0.3 is 6.09 Å². The molecule has 3 rings (SSSR count). The van der Waals surface area contributed by atoms with Crippen molar-refractivity contribution in [1.29, 1.82) is 0 Å². The number of hydrogen-bond acceptors (Lipinski definition) is 3. The smallest absolute Gasteiger partial charge is 0.410 e. The van der Waals surface area contributed by atoms with E-state index >= 15 is 0 Å². The van der Waals surface area contributed by atoms with Gasteiger partial charge in [-0.15, -0.1) is 0 Å². The molecular weight excluding hydrogens is 300 g/mol. The molecule has 3 fully saturated rings. The van der Waals surface area contributed by atoms with Crippen LogP contribution in [0.2, 0.25) is 0 Å². The molecule has 0 aromatic heterocycles. The highest BCUT2D eigenvalue weighted by Gasteiger charge is 2.38. The fraction of sp³-hybridized carbons (Fsp3) is 0.950. The second-order valence-corrected chi connectivity index (χ2v) is 9.33. The molecule has 3 aliphatic rings. The molecule has 2 saturated carbocycles. The SMILES string of the molecule is CC(C)(C)OC(=O)N1CC(CNC2CC2)C(CC2CCCCC2)C1. The monoisotopic (exact) mass is 336 g/mol. The third-order valence-corrected chi connectivity index (χ3v) is 5.84. The van der Waals surface area contributed by atoms with E-state index in [-0.39, 0.29) is 6.09 Å². The average Bonchev–Trinajstić information content (AvgIpc) is 3.25. The molecule has 1 heterocycles. The molecule has 0 spiro atoms. The van der Waals surface area contributed by atoms with Gasteiger partial charge in [0.1, 0.15) is 5.60 Å². The second kappa shape index (κ2) is 7.63. The van der Waals surface area contributed by atoms with Crippen LogP contribution in [0.15, 0.2) is 0 Å². The predicted octanol–water partition coefficient (Wildman–Crippen LogP) is 4.19. The second-order valence-electron chi connectivity index (χ2n) is 9.33. The Bertz CT molecular complexity index is 422. The standard InChI is InChI=1S/C20H36N2O2/c1-20(2,3)24-19(23)22-13-16(11-15-7-5-4-6-8-15)17(14-22)12-21-18-9-10-18/h15-18,21H,4-14H2,1-3H3. The minimum absolute atomic E-state index is 0.120. The van der Waals surface area contributed by atoms with E-state index < -0.39 is 5.60 Å². The van der Waals surface area contributed by atoms with Crippen LogP contribution >= 0.6 is 0 Å². The molecular formula is C20H36N2O2. The number of carbonyl (C=O) groups is 1. The van der Waals surface area contributed by atoms with Gasteiger partial charge in [-0.05, 0) is 57.8 Å². The van der Waals surface area contributed by atoms with E-state index in [4.69, 9.17) is 4.74 Å². The van der Waals surface area contributed by atoms with Crippen molar-refractivity contribution in [2.45, 2.75) is 83.8 Å². The zero-order chi connectivity index (χ0) is 17.2. The molecule has 1 amide bonds. The van der Waals surface area contributed by atoms with Crippen molar-refractivity contribution in [2.24, 2.45) is 17.8 Å². The number of rotatable bonds is 5. The minimum Gasteiger partial charge on any atom is -0.444 e. The Morgan fingerprint density at radius 2 is 1.71 bits per heavy atom. The van der Waals surface area contributed by atoms with Crippen molar-refractivity contribution in [3.05, 3.63) is 0 Å². The Hall–Kier alpha value is -0.770. The molecule has 1 aliphatic heterocycles. The molecule has 1 saturated heterocycles. The maximum absolute atomic E-state index is 12.5. The van der Waals surface area contributed by atoms with Gasteiger partial charge in [0.2, 0.25) is 0 Å². The van der Waals surface area contributed by atoms with Gasteiger partial charge in [-0.25, -0.2) is 4.79 Å². The van der Waals surface area contributed by atoms with Crippen LogP contribution in [0.4, 0.5) is 4.79 Å². The number of nitrogens with zero attached hydrogens (tertiary/aromatic N) is 1. The number of hydrogen-bond donors (Lipinski definition) is 1. The zero-order valence-corrected chi connectivity index (χ0v) is 15.9. The first-order chi connectivity index (χ1) is 11.4. The summed E-state index contributed by atoms with van der Waals surface area (Å²) < 4.78 is 5.61. The minimum atomic E-state index is -0.402. The largest absolute Gasteiger partial charge is 0.444 e. The van der Waals surface area contributed by atoms with Crippen LogP contribution in [0.3, 0.4) is 0 Å². The van der Waals surface area contributed by atoms with Crippen LogP contribution in [0, 0.1) is 17.8 Å². The van der Waals surface area contributed by atoms with Gasteiger partial charge in [0.05, 0.1) is 0 Å². The van der Waals surface area contributed by atoms with Crippen LogP contribution in [0.1, 0.15) is 72.1 Å². The molecule has 0 aromatic rings. The molecule has 2 aliphatic carbocycles. The molecule has 2 unspecified atom stereocenters. The van der Waals surface area contributed by atoms with Gasteiger partial charge in [0.25, 0.3) is 0 Å². The summed E-state index contributed by atoms with van der Waals surface area (Å²) in [5.74, 6) is 2.12. The highest BCUT2D eigenvalue weighted by molar-refractivity contribution is 5.68. The van der Waals surface area contributed by atoms with Gasteiger partial charge in [0, 0.05) is 25.7 Å². The Balaban J connectivity index is 1.56. The maximum Gasteiger partial charge on any atom is 0.410 e. The van der Waals surface area contributed by atoms with Crippen molar-refractivity contribution >= 4 is 6.09 Å². The van der Waals surface area contributed by atoms with Crippen LogP contribution in [-0.4, -0.2) is 42.3 Å². The van der Waals surface area contributed by atoms with E-state index in [1.807, 2.05) is 25.7 Å². The molecule has 1 N–H and O–H groups in total. The quantitative estimate of drug-likeness (QED) is 0.818. The van der Waals surface area contributed by atoms with Gasteiger partial charge in [-0.3, -0.25) is 0 Å². The lowest BCUT2D eigenvalue weighted by Crippen LogP contribution is -2.36. The molecule has 0 aromatic carbocycles. The van der Waals surface area contributed by atoms with Gasteiger partial charge in [-0.1, -0.05) is 32.1 Å². The molecule has 0 bridgehead atoms. The molecule has 4 heteroatoms. The fourth-order valence-electron chi connectivity index (χ4n) is 4.37. The van der Waals surface area contributed by atoms with E-state index in [1.54, 1.807) is 0 Å². The summed E-state index contributed by atoms with van der Waals surface area (Å²) in [5, 5.41) is 3.69. The van der Waals surface area contributed by atoms with Crippen LogP contribution in [0.5, 0.6) is 0 Å². The van der Waals surface area contributed by atoms with Crippen LogP contribution < -0.4 is 5.32 Å². The van der Waals surface area contributed by atoms with E-state index in [1.165, 1.54) is 51.4 Å². The van der Waals surface area contributed by atoms with Crippen molar-refractivity contribution in [3.63, 3.8) is 0 Å². The van der Waals surface area contributed by atoms with E-state index in [9.17, 15) is 4.79 Å². The Morgan fingerprint density at radius 3 is 2.33 bits per heavy atom. The van der Waals surface area contributed by atoms with Crippen molar-refractivity contribution in [1.82, 2.24) is 10.2 Å². The third-order valence-electron chi connectivity index (χ3n) is 5.84. The first-order valence-corrected chi connectivity index (χ1v) is 10.1. The predicted molar refractivity (Wildman–Crippen MR) is 97.0 cm³/mol. The first kappa shape index (κ1) is 18.0. The lowest BCUT2D eigenvalue weighted by Gasteiger charge is -2.27. The number of amides is 1. The summed E-state index contributed by atoms with van der Waals surface area (Å²) >= 11 is 0. The lowest BCUT2D eigenvalue weighted by atomic mass is 9.79. The topological polar surface area (TPSA) is 41.6 Å². The Labute approximate surface area is 147 Å². The fourth-order valence-corrected chi connectivity index (χ4v) is 4.37.